The third-order valence-corrected chi connectivity index (χ3v) is 6.86. The number of carbonyl (C=O) groups excluding carboxylic acids is 1. The number of nitrogens with one attached hydrogen (secondary N) is 1. The number of amides is 1. The average Bonchev–Trinajstić information content (AvgIpc) is 2.83. The van der Waals surface area contributed by atoms with E-state index < -0.39 is 29.3 Å². The maximum absolute atomic E-state index is 13.7. The van der Waals surface area contributed by atoms with Gasteiger partial charge in [0.25, 0.3) is 0 Å². The molecule has 3 N–H and O–H groups in total. The fourth-order valence-electron chi connectivity index (χ4n) is 5.64. The Kier molecular flexibility index (Phi) is 5.27. The van der Waals surface area contributed by atoms with Crippen LogP contribution in [0.2, 0.25) is 0 Å². The molecule has 0 fully saturated rings. The first kappa shape index (κ1) is 21.4. The van der Waals surface area contributed by atoms with Crippen LogP contribution in [0.4, 0.5) is 5.69 Å². The number of hydrogen-bond donors (Lipinski definition) is 3. The predicted molar refractivity (Wildman–Crippen MR) is 123 cm³/mol. The zero-order valence-corrected chi connectivity index (χ0v) is 18.2. The summed E-state index contributed by atoms with van der Waals surface area (Å²) in [5, 5.41) is 23.0. The van der Waals surface area contributed by atoms with Crippen molar-refractivity contribution >= 4 is 17.6 Å². The van der Waals surface area contributed by atoms with Gasteiger partial charge in [-0.05, 0) is 41.3 Å². The molecule has 0 heterocycles. The van der Waals surface area contributed by atoms with E-state index in [2.05, 4.69) is 5.32 Å². The Morgan fingerprint density at radius 2 is 1.52 bits per heavy atom. The normalized spacial score (nSPS) is 24.6. The van der Waals surface area contributed by atoms with Gasteiger partial charge in [-0.2, -0.15) is 0 Å². The highest BCUT2D eigenvalue weighted by atomic mass is 16.5. The number of aliphatic hydroxyl groups is 1. The summed E-state index contributed by atoms with van der Waals surface area (Å²) in [5.74, 6) is -3.96. The molecule has 3 aromatic carbocycles. The molecule has 3 aliphatic rings. The Bertz CT molecular complexity index is 1170. The Morgan fingerprint density at radius 3 is 2.06 bits per heavy atom. The lowest BCUT2D eigenvalue weighted by atomic mass is 9.51. The van der Waals surface area contributed by atoms with Crippen molar-refractivity contribution in [2.45, 2.75) is 18.4 Å². The van der Waals surface area contributed by atoms with Crippen LogP contribution < -0.4 is 5.32 Å². The first-order valence-electron chi connectivity index (χ1n) is 11.0. The van der Waals surface area contributed by atoms with Gasteiger partial charge in [0, 0.05) is 11.6 Å². The molecule has 2 bridgehead atoms. The van der Waals surface area contributed by atoms with Crippen molar-refractivity contribution in [3.05, 3.63) is 101 Å². The molecule has 6 rings (SSSR count). The molecule has 0 aromatic heterocycles. The summed E-state index contributed by atoms with van der Waals surface area (Å²) in [7, 11) is 0. The molecule has 6 heteroatoms. The van der Waals surface area contributed by atoms with Gasteiger partial charge in [-0.15, -0.1) is 0 Å². The predicted octanol–water partition coefficient (Wildman–Crippen LogP) is 3.66. The lowest BCUT2D eigenvalue weighted by Gasteiger charge is -2.55. The van der Waals surface area contributed by atoms with E-state index in [-0.39, 0.29) is 19.1 Å². The van der Waals surface area contributed by atoms with Crippen LogP contribution in [0.5, 0.6) is 0 Å². The fourth-order valence-corrected chi connectivity index (χ4v) is 5.64. The Balaban J connectivity index is 1.72. The lowest BCUT2D eigenvalue weighted by molar-refractivity contribution is -0.169. The Morgan fingerprint density at radius 1 is 0.939 bits per heavy atom. The SMILES string of the molecule is Cc1ccc(NC(=O)C2C3c4ccccc4C(OCCO)(c4ccccc43)C2C(=O)O)cc1. The van der Waals surface area contributed by atoms with Crippen molar-refractivity contribution in [2.75, 3.05) is 18.5 Å². The number of rotatable bonds is 6. The van der Waals surface area contributed by atoms with E-state index in [9.17, 15) is 19.8 Å². The number of carboxylic acid groups (broad SMARTS) is 1. The minimum absolute atomic E-state index is 0.0522. The molecule has 0 saturated carbocycles. The standard InChI is InChI=1S/C27H25NO5/c1-16-10-12-17(13-11-16)28-25(30)23-22-18-6-2-4-8-20(18)27(33-15-14-29,24(23)26(31)32)21-9-5-3-7-19(21)22/h2-13,22-24,29H,14-15H2,1H3,(H,28,30)(H,31,32). The van der Waals surface area contributed by atoms with Crippen LogP contribution >= 0.6 is 0 Å². The quantitative estimate of drug-likeness (QED) is 0.540. The summed E-state index contributed by atoms with van der Waals surface area (Å²) in [6, 6.07) is 22.5. The number of fused-ring (bicyclic) bond motifs is 1. The molecular weight excluding hydrogens is 418 g/mol. The van der Waals surface area contributed by atoms with Gasteiger partial charge in [-0.1, -0.05) is 66.2 Å². The van der Waals surface area contributed by atoms with E-state index in [1.165, 1.54) is 0 Å². The van der Waals surface area contributed by atoms with Crippen molar-refractivity contribution in [1.82, 2.24) is 0 Å². The molecule has 0 spiro atoms. The summed E-state index contributed by atoms with van der Waals surface area (Å²) in [5.41, 5.74) is 3.55. The molecule has 0 radical (unpaired) electrons. The molecule has 6 nitrogen and oxygen atoms in total. The number of aryl methyl sites for hydroxylation is 1. The highest BCUT2D eigenvalue weighted by Crippen LogP contribution is 2.62. The van der Waals surface area contributed by atoms with Crippen molar-refractivity contribution in [3.63, 3.8) is 0 Å². The van der Waals surface area contributed by atoms with E-state index in [1.54, 1.807) is 0 Å². The van der Waals surface area contributed by atoms with E-state index >= 15 is 0 Å². The number of anilines is 1. The zero-order valence-electron chi connectivity index (χ0n) is 18.2. The summed E-state index contributed by atoms with van der Waals surface area (Å²) in [4.78, 5) is 26.5. The smallest absolute Gasteiger partial charge is 0.311 e. The number of aliphatic carboxylic acids is 1. The van der Waals surface area contributed by atoms with Gasteiger partial charge in [0.1, 0.15) is 11.5 Å². The van der Waals surface area contributed by atoms with E-state index in [4.69, 9.17) is 4.74 Å². The second-order valence-electron chi connectivity index (χ2n) is 8.66. The van der Waals surface area contributed by atoms with Gasteiger partial charge in [-0.3, -0.25) is 9.59 Å². The number of aliphatic hydroxyl groups excluding tert-OH is 1. The topological polar surface area (TPSA) is 95.9 Å². The maximum atomic E-state index is 13.7. The second kappa shape index (κ2) is 8.14. The van der Waals surface area contributed by atoms with Crippen molar-refractivity contribution < 1.29 is 24.5 Å². The average molecular weight is 443 g/mol. The van der Waals surface area contributed by atoms with Gasteiger partial charge in [-0.25, -0.2) is 0 Å². The van der Waals surface area contributed by atoms with Crippen LogP contribution in [0.1, 0.15) is 33.7 Å². The second-order valence-corrected chi connectivity index (χ2v) is 8.66. The van der Waals surface area contributed by atoms with E-state index in [1.807, 2.05) is 79.7 Å². The van der Waals surface area contributed by atoms with E-state index in [0.29, 0.717) is 5.69 Å². The van der Waals surface area contributed by atoms with Crippen molar-refractivity contribution in [3.8, 4) is 0 Å². The van der Waals surface area contributed by atoms with Crippen LogP contribution in [0.3, 0.4) is 0 Å². The molecule has 33 heavy (non-hydrogen) atoms. The minimum Gasteiger partial charge on any atom is -0.481 e. The minimum atomic E-state index is -1.38. The van der Waals surface area contributed by atoms with Crippen molar-refractivity contribution in [1.29, 1.82) is 0 Å². The summed E-state index contributed by atoms with van der Waals surface area (Å²) >= 11 is 0. The molecule has 168 valence electrons. The molecule has 2 unspecified atom stereocenters. The first-order valence-corrected chi connectivity index (χ1v) is 11.0. The Labute approximate surface area is 191 Å². The monoisotopic (exact) mass is 443 g/mol. The highest BCUT2D eigenvalue weighted by Gasteiger charge is 2.64. The number of carboxylic acids is 1. The summed E-state index contributed by atoms with van der Waals surface area (Å²) < 4.78 is 6.27. The largest absolute Gasteiger partial charge is 0.481 e. The van der Waals surface area contributed by atoms with Gasteiger partial charge in [0.05, 0.1) is 19.1 Å². The van der Waals surface area contributed by atoms with E-state index in [0.717, 1.165) is 27.8 Å². The van der Waals surface area contributed by atoms with Gasteiger partial charge in [0.2, 0.25) is 5.91 Å². The van der Waals surface area contributed by atoms with Crippen molar-refractivity contribution in [2.24, 2.45) is 11.8 Å². The Hall–Kier alpha value is -3.48. The fraction of sp³-hybridized carbons (Fsp3) is 0.259. The molecular formula is C27H25NO5. The van der Waals surface area contributed by atoms with Crippen LogP contribution in [-0.4, -0.2) is 35.3 Å². The number of ether oxygens (including phenoxy) is 1. The zero-order chi connectivity index (χ0) is 23.2. The summed E-state index contributed by atoms with van der Waals surface area (Å²) in [6.07, 6.45) is 0. The molecule has 0 saturated heterocycles. The third kappa shape index (κ3) is 3.17. The molecule has 0 aliphatic heterocycles. The van der Waals surface area contributed by atoms with Crippen LogP contribution in [0, 0.1) is 18.8 Å². The van der Waals surface area contributed by atoms with Crippen LogP contribution in [-0.2, 0) is 19.9 Å². The molecule has 1 amide bonds. The van der Waals surface area contributed by atoms with Crippen LogP contribution in [0.25, 0.3) is 0 Å². The van der Waals surface area contributed by atoms with Crippen LogP contribution in [0.15, 0.2) is 72.8 Å². The van der Waals surface area contributed by atoms with Gasteiger partial charge < -0.3 is 20.3 Å². The number of hydrogen-bond acceptors (Lipinski definition) is 4. The maximum Gasteiger partial charge on any atom is 0.311 e. The number of carbonyl (C=O) groups is 2. The highest BCUT2D eigenvalue weighted by molar-refractivity contribution is 5.98. The molecule has 2 atom stereocenters. The molecule has 3 aliphatic carbocycles. The summed E-state index contributed by atoms with van der Waals surface area (Å²) in [6.45, 7) is 1.65. The lowest BCUT2D eigenvalue weighted by Crippen LogP contribution is -2.59. The van der Waals surface area contributed by atoms with Gasteiger partial charge in [0.15, 0.2) is 0 Å². The number of benzene rings is 3. The first-order chi connectivity index (χ1) is 16.0. The van der Waals surface area contributed by atoms with Gasteiger partial charge >= 0.3 is 5.97 Å². The third-order valence-electron chi connectivity index (χ3n) is 6.86. The molecule has 3 aromatic rings.